The van der Waals surface area contributed by atoms with Gasteiger partial charge in [0.1, 0.15) is 6.10 Å². The normalized spacial score (nSPS) is 32.4. The Morgan fingerprint density at radius 2 is 2.40 bits per heavy atom. The second-order valence-electron chi connectivity index (χ2n) is 4.37. The maximum Gasteiger partial charge on any atom is 0.410 e. The maximum atomic E-state index is 11.4. The van der Waals surface area contributed by atoms with E-state index in [-0.39, 0.29) is 18.8 Å². The Morgan fingerprint density at radius 3 is 2.93 bits per heavy atom. The molecule has 2 aliphatic heterocycles. The largest absolute Gasteiger partial charge is 0.442 e. The van der Waals surface area contributed by atoms with Crippen LogP contribution in [-0.2, 0) is 4.74 Å². The lowest BCUT2D eigenvalue weighted by Crippen LogP contribution is -2.39. The number of aliphatic hydroxyl groups excluding tert-OH is 1. The number of carbonyl (C=O) groups is 1. The van der Waals surface area contributed by atoms with E-state index in [9.17, 15) is 4.79 Å². The zero-order valence-corrected chi connectivity index (χ0v) is 9.06. The van der Waals surface area contributed by atoms with Gasteiger partial charge in [0.05, 0.1) is 13.2 Å². The zero-order chi connectivity index (χ0) is 10.8. The minimum Gasteiger partial charge on any atom is -0.442 e. The van der Waals surface area contributed by atoms with Crippen LogP contribution in [0.3, 0.4) is 0 Å². The third-order valence-corrected chi connectivity index (χ3v) is 3.26. The lowest BCUT2D eigenvalue weighted by atomic mass is 10.2. The van der Waals surface area contributed by atoms with Crippen LogP contribution in [0.2, 0.25) is 0 Å². The van der Waals surface area contributed by atoms with E-state index in [4.69, 9.17) is 9.84 Å². The molecule has 2 atom stereocenters. The number of ether oxygens (including phenoxy) is 1. The SMILES string of the molecule is CN1CCCC1CN1C[C@H](CO)OC1=O. The van der Waals surface area contributed by atoms with E-state index in [0.717, 1.165) is 19.5 Å². The molecule has 2 fully saturated rings. The average molecular weight is 214 g/mol. The molecule has 5 heteroatoms. The molecule has 2 saturated heterocycles. The van der Waals surface area contributed by atoms with Crippen LogP contribution in [0.5, 0.6) is 0 Å². The van der Waals surface area contributed by atoms with Crippen molar-refractivity contribution in [3.05, 3.63) is 0 Å². The second-order valence-corrected chi connectivity index (χ2v) is 4.37. The van der Waals surface area contributed by atoms with Crippen molar-refractivity contribution in [1.82, 2.24) is 9.80 Å². The van der Waals surface area contributed by atoms with E-state index in [1.165, 1.54) is 6.42 Å². The van der Waals surface area contributed by atoms with Gasteiger partial charge in [0.2, 0.25) is 0 Å². The van der Waals surface area contributed by atoms with Crippen molar-refractivity contribution in [3.8, 4) is 0 Å². The maximum absolute atomic E-state index is 11.4. The monoisotopic (exact) mass is 214 g/mol. The number of likely N-dealkylation sites (tertiary alicyclic amines) is 1. The van der Waals surface area contributed by atoms with Crippen LogP contribution >= 0.6 is 0 Å². The highest BCUT2D eigenvalue weighted by Gasteiger charge is 2.33. The molecule has 0 spiro atoms. The molecule has 2 aliphatic rings. The summed E-state index contributed by atoms with van der Waals surface area (Å²) in [7, 11) is 2.09. The molecule has 1 unspecified atom stereocenters. The molecular formula is C10H18N2O3. The van der Waals surface area contributed by atoms with E-state index in [1.54, 1.807) is 4.90 Å². The van der Waals surface area contributed by atoms with E-state index in [2.05, 4.69) is 11.9 Å². The van der Waals surface area contributed by atoms with Crippen LogP contribution in [0, 0.1) is 0 Å². The first-order valence-electron chi connectivity index (χ1n) is 5.47. The summed E-state index contributed by atoms with van der Waals surface area (Å²) < 4.78 is 4.99. The molecule has 2 rings (SSSR count). The number of carbonyl (C=O) groups excluding carboxylic acids is 1. The lowest BCUT2D eigenvalue weighted by Gasteiger charge is -2.23. The van der Waals surface area contributed by atoms with Crippen molar-refractivity contribution in [2.75, 3.05) is 33.3 Å². The molecule has 5 nitrogen and oxygen atoms in total. The number of likely N-dealkylation sites (N-methyl/N-ethyl adjacent to an activating group) is 1. The van der Waals surface area contributed by atoms with Crippen LogP contribution in [0.4, 0.5) is 4.79 Å². The summed E-state index contributed by atoms with van der Waals surface area (Å²) in [4.78, 5) is 15.4. The van der Waals surface area contributed by atoms with Gasteiger partial charge in [0.25, 0.3) is 0 Å². The number of rotatable bonds is 3. The minimum atomic E-state index is -0.329. The lowest BCUT2D eigenvalue weighted by molar-refractivity contribution is 0.0943. The topological polar surface area (TPSA) is 53.0 Å². The Labute approximate surface area is 89.6 Å². The molecule has 15 heavy (non-hydrogen) atoms. The first kappa shape index (κ1) is 10.7. The fourth-order valence-corrected chi connectivity index (χ4v) is 2.28. The van der Waals surface area contributed by atoms with Crippen LogP contribution in [0.15, 0.2) is 0 Å². The van der Waals surface area contributed by atoms with Gasteiger partial charge in [-0.25, -0.2) is 4.79 Å². The standard InChI is InChI=1S/C10H18N2O3/c1-11-4-2-3-8(11)5-12-6-9(7-13)15-10(12)14/h8-9,13H,2-7H2,1H3/t8?,9-/m1/s1. The quantitative estimate of drug-likeness (QED) is 0.712. The van der Waals surface area contributed by atoms with Crippen LogP contribution in [0.1, 0.15) is 12.8 Å². The van der Waals surface area contributed by atoms with E-state index < -0.39 is 0 Å². The first-order chi connectivity index (χ1) is 7.20. The Hall–Kier alpha value is -0.810. The van der Waals surface area contributed by atoms with Gasteiger partial charge in [-0.1, -0.05) is 0 Å². The molecule has 0 radical (unpaired) electrons. The predicted octanol–water partition coefficient (Wildman–Crippen LogP) is -0.106. The molecule has 0 aromatic rings. The molecule has 0 aliphatic carbocycles. The van der Waals surface area contributed by atoms with Crippen LogP contribution in [-0.4, -0.2) is 66.4 Å². The Kier molecular flexibility index (Phi) is 3.11. The van der Waals surface area contributed by atoms with E-state index >= 15 is 0 Å². The van der Waals surface area contributed by atoms with Gasteiger partial charge in [-0.2, -0.15) is 0 Å². The molecular weight excluding hydrogens is 196 g/mol. The molecule has 86 valence electrons. The summed E-state index contributed by atoms with van der Waals surface area (Å²) in [6.45, 7) is 2.28. The molecule has 0 bridgehead atoms. The second kappa shape index (κ2) is 4.37. The fourth-order valence-electron chi connectivity index (χ4n) is 2.28. The molecule has 2 heterocycles. The third-order valence-electron chi connectivity index (χ3n) is 3.26. The van der Waals surface area contributed by atoms with Gasteiger partial charge in [0, 0.05) is 12.6 Å². The number of aliphatic hydroxyl groups is 1. The van der Waals surface area contributed by atoms with Gasteiger partial charge in [-0.3, -0.25) is 0 Å². The van der Waals surface area contributed by atoms with Crippen molar-refractivity contribution >= 4 is 6.09 Å². The predicted molar refractivity (Wildman–Crippen MR) is 54.6 cm³/mol. The van der Waals surface area contributed by atoms with Gasteiger partial charge in [-0.05, 0) is 26.4 Å². The van der Waals surface area contributed by atoms with Gasteiger partial charge >= 0.3 is 6.09 Å². The zero-order valence-electron chi connectivity index (χ0n) is 9.06. The molecule has 0 saturated carbocycles. The summed E-state index contributed by atoms with van der Waals surface area (Å²) >= 11 is 0. The fraction of sp³-hybridized carbons (Fsp3) is 0.900. The van der Waals surface area contributed by atoms with Crippen molar-refractivity contribution < 1.29 is 14.6 Å². The van der Waals surface area contributed by atoms with Crippen molar-refractivity contribution in [2.24, 2.45) is 0 Å². The highest BCUT2D eigenvalue weighted by atomic mass is 16.6. The summed E-state index contributed by atoms with van der Waals surface area (Å²) in [5, 5.41) is 8.90. The summed E-state index contributed by atoms with van der Waals surface area (Å²) in [5.74, 6) is 0. The molecule has 1 amide bonds. The molecule has 0 aromatic carbocycles. The average Bonchev–Trinajstić information content (AvgIpc) is 2.76. The van der Waals surface area contributed by atoms with Crippen molar-refractivity contribution in [3.63, 3.8) is 0 Å². The highest BCUT2D eigenvalue weighted by Crippen LogP contribution is 2.19. The summed E-state index contributed by atoms with van der Waals surface area (Å²) in [6, 6.07) is 0.454. The third kappa shape index (κ3) is 2.23. The van der Waals surface area contributed by atoms with E-state index in [0.29, 0.717) is 12.6 Å². The summed E-state index contributed by atoms with van der Waals surface area (Å²) in [6.07, 6.45) is 1.73. The smallest absolute Gasteiger partial charge is 0.410 e. The highest BCUT2D eigenvalue weighted by molar-refractivity contribution is 5.69. The van der Waals surface area contributed by atoms with Crippen molar-refractivity contribution in [2.45, 2.75) is 25.0 Å². The van der Waals surface area contributed by atoms with Crippen LogP contribution < -0.4 is 0 Å². The Morgan fingerprint density at radius 1 is 1.60 bits per heavy atom. The summed E-state index contributed by atoms with van der Waals surface area (Å²) in [5.41, 5.74) is 0. The van der Waals surface area contributed by atoms with Gasteiger partial charge in [0.15, 0.2) is 0 Å². The number of hydrogen-bond donors (Lipinski definition) is 1. The van der Waals surface area contributed by atoms with E-state index in [1.807, 2.05) is 0 Å². The Balaban J connectivity index is 1.86. The minimum absolute atomic E-state index is 0.0806. The number of nitrogens with zero attached hydrogens (tertiary/aromatic N) is 2. The van der Waals surface area contributed by atoms with Crippen molar-refractivity contribution in [1.29, 1.82) is 0 Å². The first-order valence-corrected chi connectivity index (χ1v) is 5.47. The number of hydrogen-bond acceptors (Lipinski definition) is 4. The molecule has 1 N–H and O–H groups in total. The van der Waals surface area contributed by atoms with Gasteiger partial charge < -0.3 is 19.6 Å². The van der Waals surface area contributed by atoms with Crippen LogP contribution in [0.25, 0.3) is 0 Å². The number of amides is 1. The Bertz CT molecular complexity index is 247. The van der Waals surface area contributed by atoms with Gasteiger partial charge in [-0.15, -0.1) is 0 Å². The number of cyclic esters (lactones) is 1. The molecule has 0 aromatic heterocycles.